The predicted molar refractivity (Wildman–Crippen MR) is 80.4 cm³/mol. The standard InChI is InChI=1S/C15H17BF2N2O2/c1-2-3-4-5-10-6-7-12(14(18)13(10)17)15-19-8-11(9-20-15)16(21)22/h6-9,21-22H,2-5H2,1H3. The van der Waals surface area contributed by atoms with Gasteiger partial charge in [0, 0.05) is 17.9 Å². The summed E-state index contributed by atoms with van der Waals surface area (Å²) in [5.41, 5.74) is 0.383. The Balaban J connectivity index is 2.26. The fourth-order valence-corrected chi connectivity index (χ4v) is 2.13. The number of unbranched alkanes of at least 4 members (excludes halogenated alkanes) is 2. The van der Waals surface area contributed by atoms with E-state index in [4.69, 9.17) is 10.0 Å². The van der Waals surface area contributed by atoms with Gasteiger partial charge in [-0.1, -0.05) is 25.8 Å². The summed E-state index contributed by atoms with van der Waals surface area (Å²) >= 11 is 0. The molecule has 2 rings (SSSR count). The molecule has 0 fully saturated rings. The van der Waals surface area contributed by atoms with Crippen molar-refractivity contribution in [2.75, 3.05) is 0 Å². The van der Waals surface area contributed by atoms with Gasteiger partial charge in [-0.3, -0.25) is 0 Å². The van der Waals surface area contributed by atoms with Crippen LogP contribution >= 0.6 is 0 Å². The molecule has 0 atom stereocenters. The molecule has 0 radical (unpaired) electrons. The summed E-state index contributed by atoms with van der Waals surface area (Å²) in [5, 5.41) is 17.9. The molecule has 1 aromatic heterocycles. The quantitative estimate of drug-likeness (QED) is 0.631. The van der Waals surface area contributed by atoms with E-state index < -0.39 is 18.8 Å². The average molecular weight is 306 g/mol. The predicted octanol–water partition coefficient (Wildman–Crippen LogP) is 1.83. The number of benzene rings is 1. The van der Waals surface area contributed by atoms with Gasteiger partial charge >= 0.3 is 7.12 Å². The number of hydrogen-bond donors (Lipinski definition) is 2. The number of halogens is 2. The first-order valence-corrected chi connectivity index (χ1v) is 7.20. The highest BCUT2D eigenvalue weighted by Gasteiger charge is 2.17. The topological polar surface area (TPSA) is 66.2 Å². The number of nitrogens with zero attached hydrogens (tertiary/aromatic N) is 2. The van der Waals surface area contributed by atoms with Crippen molar-refractivity contribution >= 4 is 12.6 Å². The number of hydrogen-bond acceptors (Lipinski definition) is 4. The van der Waals surface area contributed by atoms with E-state index in [1.807, 2.05) is 6.92 Å². The van der Waals surface area contributed by atoms with E-state index in [9.17, 15) is 8.78 Å². The summed E-state index contributed by atoms with van der Waals surface area (Å²) in [6.07, 6.45) is 5.62. The van der Waals surface area contributed by atoms with Crippen LogP contribution in [0.15, 0.2) is 24.5 Å². The second-order valence-corrected chi connectivity index (χ2v) is 5.07. The molecule has 0 bridgehead atoms. The van der Waals surface area contributed by atoms with Gasteiger partial charge in [-0.15, -0.1) is 0 Å². The summed E-state index contributed by atoms with van der Waals surface area (Å²) in [4.78, 5) is 7.68. The molecule has 0 saturated heterocycles. The lowest BCUT2D eigenvalue weighted by Crippen LogP contribution is -2.30. The van der Waals surface area contributed by atoms with Crippen molar-refractivity contribution in [2.45, 2.75) is 32.6 Å². The van der Waals surface area contributed by atoms with Crippen molar-refractivity contribution in [3.8, 4) is 11.4 Å². The van der Waals surface area contributed by atoms with Gasteiger partial charge in [0.1, 0.15) is 0 Å². The molecule has 0 unspecified atom stereocenters. The molecule has 22 heavy (non-hydrogen) atoms. The minimum atomic E-state index is -1.70. The van der Waals surface area contributed by atoms with Crippen molar-refractivity contribution < 1.29 is 18.8 Å². The van der Waals surface area contributed by atoms with Crippen LogP contribution in [0, 0.1) is 11.6 Å². The Morgan fingerprint density at radius 1 is 1.05 bits per heavy atom. The Morgan fingerprint density at radius 3 is 2.32 bits per heavy atom. The van der Waals surface area contributed by atoms with E-state index in [-0.39, 0.29) is 16.9 Å². The van der Waals surface area contributed by atoms with Gasteiger partial charge in [0.15, 0.2) is 17.5 Å². The van der Waals surface area contributed by atoms with Crippen LogP contribution in [-0.2, 0) is 6.42 Å². The van der Waals surface area contributed by atoms with Crippen LogP contribution in [-0.4, -0.2) is 27.1 Å². The monoisotopic (exact) mass is 306 g/mol. The highest BCUT2D eigenvalue weighted by Crippen LogP contribution is 2.24. The van der Waals surface area contributed by atoms with Crippen molar-refractivity contribution in [2.24, 2.45) is 0 Å². The van der Waals surface area contributed by atoms with E-state index in [1.54, 1.807) is 6.07 Å². The Labute approximate surface area is 128 Å². The van der Waals surface area contributed by atoms with Crippen LogP contribution in [0.1, 0.15) is 31.7 Å². The lowest BCUT2D eigenvalue weighted by atomic mass is 9.83. The zero-order chi connectivity index (χ0) is 16.1. The summed E-state index contributed by atoms with van der Waals surface area (Å²) in [5.74, 6) is -1.85. The number of rotatable bonds is 6. The van der Waals surface area contributed by atoms with E-state index in [2.05, 4.69) is 9.97 Å². The summed E-state index contributed by atoms with van der Waals surface area (Å²) in [7, 11) is -1.70. The van der Waals surface area contributed by atoms with Crippen molar-refractivity contribution in [1.82, 2.24) is 9.97 Å². The largest absolute Gasteiger partial charge is 0.491 e. The minimum Gasteiger partial charge on any atom is -0.423 e. The highest BCUT2D eigenvalue weighted by molar-refractivity contribution is 6.58. The molecule has 2 N–H and O–H groups in total. The van der Waals surface area contributed by atoms with Crippen LogP contribution < -0.4 is 5.46 Å². The summed E-state index contributed by atoms with van der Waals surface area (Å²) < 4.78 is 28.2. The highest BCUT2D eigenvalue weighted by atomic mass is 19.2. The fraction of sp³-hybridized carbons (Fsp3) is 0.333. The zero-order valence-corrected chi connectivity index (χ0v) is 12.3. The Kier molecular flexibility index (Phi) is 5.57. The maximum absolute atomic E-state index is 14.2. The Bertz CT molecular complexity index is 636. The first-order valence-electron chi connectivity index (χ1n) is 7.20. The van der Waals surface area contributed by atoms with E-state index in [1.165, 1.54) is 18.5 Å². The van der Waals surface area contributed by atoms with Gasteiger partial charge in [-0.25, -0.2) is 18.7 Å². The van der Waals surface area contributed by atoms with Crippen molar-refractivity contribution in [3.05, 3.63) is 41.7 Å². The van der Waals surface area contributed by atoms with Crippen LogP contribution in [0.25, 0.3) is 11.4 Å². The van der Waals surface area contributed by atoms with Gasteiger partial charge in [0.05, 0.1) is 5.56 Å². The Morgan fingerprint density at radius 2 is 1.73 bits per heavy atom. The molecule has 7 heteroatoms. The molecular formula is C15H17BF2N2O2. The van der Waals surface area contributed by atoms with Gasteiger partial charge in [-0.05, 0) is 24.5 Å². The molecule has 0 aliphatic heterocycles. The molecule has 1 heterocycles. The second kappa shape index (κ2) is 7.42. The zero-order valence-electron chi connectivity index (χ0n) is 12.3. The van der Waals surface area contributed by atoms with Gasteiger partial charge in [0.2, 0.25) is 0 Å². The first kappa shape index (κ1) is 16.5. The third kappa shape index (κ3) is 3.67. The van der Waals surface area contributed by atoms with Crippen LogP contribution in [0.2, 0.25) is 0 Å². The Hall–Kier alpha value is -1.86. The normalized spacial score (nSPS) is 10.8. The third-order valence-corrected chi connectivity index (χ3v) is 3.42. The average Bonchev–Trinajstić information content (AvgIpc) is 2.52. The first-order chi connectivity index (χ1) is 10.5. The molecule has 2 aromatic rings. The van der Waals surface area contributed by atoms with Crippen LogP contribution in [0.4, 0.5) is 8.78 Å². The molecular weight excluding hydrogens is 289 g/mol. The maximum Gasteiger partial charge on any atom is 0.491 e. The molecule has 0 aliphatic rings. The van der Waals surface area contributed by atoms with Crippen molar-refractivity contribution in [3.63, 3.8) is 0 Å². The van der Waals surface area contributed by atoms with E-state index >= 15 is 0 Å². The molecule has 0 saturated carbocycles. The SMILES string of the molecule is CCCCCc1ccc(-c2ncc(B(O)O)cn2)c(F)c1F. The fourth-order valence-electron chi connectivity index (χ4n) is 2.13. The van der Waals surface area contributed by atoms with Gasteiger partial charge in [0.25, 0.3) is 0 Å². The molecule has 0 aliphatic carbocycles. The van der Waals surface area contributed by atoms with Crippen LogP contribution in [0.3, 0.4) is 0 Å². The number of aryl methyl sites for hydroxylation is 1. The van der Waals surface area contributed by atoms with E-state index in [0.717, 1.165) is 19.3 Å². The molecule has 0 amide bonds. The lowest BCUT2D eigenvalue weighted by molar-refractivity contribution is 0.425. The minimum absolute atomic E-state index is 0.000841. The molecule has 116 valence electrons. The third-order valence-electron chi connectivity index (χ3n) is 3.42. The smallest absolute Gasteiger partial charge is 0.423 e. The molecule has 4 nitrogen and oxygen atoms in total. The summed E-state index contributed by atoms with van der Waals surface area (Å²) in [6.45, 7) is 2.05. The van der Waals surface area contributed by atoms with Gasteiger partial charge in [-0.2, -0.15) is 0 Å². The van der Waals surface area contributed by atoms with Crippen LogP contribution in [0.5, 0.6) is 0 Å². The summed E-state index contributed by atoms with van der Waals surface area (Å²) in [6, 6.07) is 2.99. The molecule has 1 aromatic carbocycles. The maximum atomic E-state index is 14.2. The van der Waals surface area contributed by atoms with E-state index in [0.29, 0.717) is 12.0 Å². The molecule has 0 spiro atoms. The number of aromatic nitrogens is 2. The lowest BCUT2D eigenvalue weighted by Gasteiger charge is -2.08. The van der Waals surface area contributed by atoms with Crippen molar-refractivity contribution in [1.29, 1.82) is 0 Å². The van der Waals surface area contributed by atoms with Gasteiger partial charge < -0.3 is 10.0 Å². The second-order valence-electron chi connectivity index (χ2n) is 5.07.